The summed E-state index contributed by atoms with van der Waals surface area (Å²) in [5.74, 6) is 1.23. The zero-order chi connectivity index (χ0) is 9.97. The number of carbonyl (C=O) groups is 1. The van der Waals surface area contributed by atoms with E-state index in [1.165, 1.54) is 11.5 Å². The van der Waals surface area contributed by atoms with Gasteiger partial charge in [0.2, 0.25) is 0 Å². The molecule has 5 heteroatoms. The molecule has 0 spiro atoms. The number of nitrogens with zero attached hydrogens (tertiary/aromatic N) is 2. The lowest BCUT2D eigenvalue weighted by molar-refractivity contribution is -0.120. The van der Waals surface area contributed by atoms with E-state index < -0.39 is 0 Å². The molecule has 1 aliphatic carbocycles. The minimum Gasteiger partial charge on any atom is -0.300 e. The molecule has 0 bridgehead atoms. The van der Waals surface area contributed by atoms with Crippen molar-refractivity contribution in [1.82, 2.24) is 9.36 Å². The molecule has 14 heavy (non-hydrogen) atoms. The number of aromatic nitrogens is 2. The fourth-order valence-corrected chi connectivity index (χ4v) is 3.69. The molecule has 2 rings (SSSR count). The topological polar surface area (TPSA) is 42.9 Å². The van der Waals surface area contributed by atoms with Gasteiger partial charge in [-0.05, 0) is 31.3 Å². The maximum atomic E-state index is 11.2. The van der Waals surface area contributed by atoms with Gasteiger partial charge >= 0.3 is 0 Å². The summed E-state index contributed by atoms with van der Waals surface area (Å²) in [6, 6.07) is 0. The van der Waals surface area contributed by atoms with Crippen LogP contribution in [0.15, 0.2) is 4.34 Å². The number of aryl methyl sites for hydroxylation is 1. The Balaban J connectivity index is 1.93. The van der Waals surface area contributed by atoms with E-state index in [0.717, 1.165) is 29.4 Å². The van der Waals surface area contributed by atoms with Gasteiger partial charge in [0.05, 0.1) is 0 Å². The third-order valence-electron chi connectivity index (χ3n) is 2.21. The van der Waals surface area contributed by atoms with Gasteiger partial charge in [0.25, 0.3) is 0 Å². The summed E-state index contributed by atoms with van der Waals surface area (Å²) in [5, 5.41) is 0.434. The van der Waals surface area contributed by atoms with E-state index in [9.17, 15) is 4.79 Å². The highest BCUT2D eigenvalue weighted by Crippen LogP contribution is 2.32. The first kappa shape index (κ1) is 10.1. The molecule has 0 aromatic carbocycles. The van der Waals surface area contributed by atoms with Crippen LogP contribution in [0.2, 0.25) is 0 Å². The second-order valence-electron chi connectivity index (χ2n) is 3.48. The fraction of sp³-hybridized carbons (Fsp3) is 0.667. The van der Waals surface area contributed by atoms with E-state index in [4.69, 9.17) is 0 Å². The molecule has 0 N–H and O–H groups in total. The summed E-state index contributed by atoms with van der Waals surface area (Å²) < 4.78 is 5.13. The first-order valence-electron chi connectivity index (χ1n) is 4.73. The molecule has 1 saturated carbocycles. The quantitative estimate of drug-likeness (QED) is 0.780. The highest BCUT2D eigenvalue weighted by molar-refractivity contribution is 8.01. The molecular weight excluding hydrogens is 216 g/mol. The zero-order valence-electron chi connectivity index (χ0n) is 8.02. The summed E-state index contributed by atoms with van der Waals surface area (Å²) in [6.45, 7) is 1.90. The van der Waals surface area contributed by atoms with E-state index in [0.29, 0.717) is 17.5 Å². The highest BCUT2D eigenvalue weighted by atomic mass is 32.2. The van der Waals surface area contributed by atoms with Gasteiger partial charge in [-0.1, -0.05) is 11.8 Å². The third-order valence-corrected chi connectivity index (χ3v) is 4.36. The summed E-state index contributed by atoms with van der Waals surface area (Å²) in [5.41, 5.74) is 0. The first-order chi connectivity index (χ1) is 6.74. The Morgan fingerprint density at radius 3 is 3.07 bits per heavy atom. The summed E-state index contributed by atoms with van der Waals surface area (Å²) in [7, 11) is 0. The number of ketones is 1. The molecule has 0 saturated heterocycles. The predicted octanol–water partition coefficient (Wildman–Crippen LogP) is 2.45. The minimum atomic E-state index is 0.398. The Hall–Kier alpha value is -0.420. The van der Waals surface area contributed by atoms with Crippen LogP contribution < -0.4 is 0 Å². The van der Waals surface area contributed by atoms with Crippen LogP contribution in [0.4, 0.5) is 0 Å². The molecule has 1 unspecified atom stereocenters. The number of rotatable bonds is 2. The van der Waals surface area contributed by atoms with Crippen LogP contribution in [0.1, 0.15) is 31.5 Å². The van der Waals surface area contributed by atoms with E-state index in [1.807, 2.05) is 6.92 Å². The predicted molar refractivity (Wildman–Crippen MR) is 57.8 cm³/mol. The SMILES string of the molecule is Cc1nsc(SC2CCCC(=O)C2)n1. The molecule has 1 fully saturated rings. The Kier molecular flexibility index (Phi) is 3.18. The van der Waals surface area contributed by atoms with Crippen molar-refractivity contribution in [2.45, 2.75) is 42.2 Å². The lowest BCUT2D eigenvalue weighted by atomic mass is 9.99. The van der Waals surface area contributed by atoms with Gasteiger partial charge in [0.1, 0.15) is 11.6 Å². The van der Waals surface area contributed by atoms with Crippen molar-refractivity contribution >= 4 is 29.1 Å². The van der Waals surface area contributed by atoms with E-state index >= 15 is 0 Å². The van der Waals surface area contributed by atoms with E-state index in [2.05, 4.69) is 9.36 Å². The minimum absolute atomic E-state index is 0.398. The maximum absolute atomic E-state index is 11.2. The standard InChI is InChI=1S/C9H12N2OS2/c1-6-10-9(14-11-6)13-8-4-2-3-7(12)5-8/h8H,2-5H2,1H3. The van der Waals surface area contributed by atoms with Gasteiger partial charge in [0, 0.05) is 18.1 Å². The van der Waals surface area contributed by atoms with Crippen LogP contribution in [0, 0.1) is 6.92 Å². The van der Waals surface area contributed by atoms with Gasteiger partial charge in [-0.3, -0.25) is 4.79 Å². The number of hydrogen-bond acceptors (Lipinski definition) is 5. The molecule has 3 nitrogen and oxygen atoms in total. The average molecular weight is 228 g/mol. The molecule has 0 amide bonds. The Morgan fingerprint density at radius 2 is 2.43 bits per heavy atom. The van der Waals surface area contributed by atoms with Crippen LogP contribution in [-0.2, 0) is 4.79 Å². The number of Topliss-reactive ketones (excluding diaryl/α,β-unsaturated/α-hetero) is 1. The molecule has 1 heterocycles. The third kappa shape index (κ3) is 2.54. The molecule has 1 atom stereocenters. The fourth-order valence-electron chi connectivity index (χ4n) is 1.55. The Morgan fingerprint density at radius 1 is 1.57 bits per heavy atom. The molecule has 1 aromatic rings. The van der Waals surface area contributed by atoms with Gasteiger partial charge in [-0.25, -0.2) is 4.98 Å². The van der Waals surface area contributed by atoms with Crippen LogP contribution >= 0.6 is 23.3 Å². The Labute approximate surface area is 91.5 Å². The Bertz CT molecular complexity index is 337. The zero-order valence-corrected chi connectivity index (χ0v) is 9.66. The summed E-state index contributed by atoms with van der Waals surface area (Å²) in [6.07, 6.45) is 3.65. The molecule has 0 aliphatic heterocycles. The average Bonchev–Trinajstić information content (AvgIpc) is 2.51. The van der Waals surface area contributed by atoms with Gasteiger partial charge in [0.15, 0.2) is 4.34 Å². The lowest BCUT2D eigenvalue weighted by Crippen LogP contribution is -2.16. The smallest absolute Gasteiger partial charge is 0.170 e. The van der Waals surface area contributed by atoms with Crippen molar-refractivity contribution in [3.8, 4) is 0 Å². The summed E-state index contributed by atoms with van der Waals surface area (Å²) in [4.78, 5) is 15.5. The van der Waals surface area contributed by atoms with E-state index in [-0.39, 0.29) is 0 Å². The second kappa shape index (κ2) is 4.40. The largest absolute Gasteiger partial charge is 0.300 e. The van der Waals surface area contributed by atoms with Crippen LogP contribution in [0.3, 0.4) is 0 Å². The molecule has 1 aromatic heterocycles. The molecule has 1 aliphatic rings. The number of carbonyl (C=O) groups excluding carboxylic acids is 1. The monoisotopic (exact) mass is 228 g/mol. The maximum Gasteiger partial charge on any atom is 0.170 e. The van der Waals surface area contributed by atoms with Crippen LogP contribution in [0.5, 0.6) is 0 Å². The second-order valence-corrected chi connectivity index (χ2v) is 5.78. The van der Waals surface area contributed by atoms with Gasteiger partial charge in [-0.2, -0.15) is 4.37 Å². The molecular formula is C9H12N2OS2. The molecule has 0 radical (unpaired) electrons. The van der Waals surface area contributed by atoms with Crippen LogP contribution in [-0.4, -0.2) is 20.4 Å². The van der Waals surface area contributed by atoms with Crippen molar-refractivity contribution in [2.24, 2.45) is 0 Å². The lowest BCUT2D eigenvalue weighted by Gasteiger charge is -2.18. The van der Waals surface area contributed by atoms with Crippen molar-refractivity contribution in [3.63, 3.8) is 0 Å². The van der Waals surface area contributed by atoms with Gasteiger partial charge in [-0.15, -0.1) is 0 Å². The normalized spacial score (nSPS) is 22.6. The van der Waals surface area contributed by atoms with Crippen molar-refractivity contribution in [1.29, 1.82) is 0 Å². The number of thioether (sulfide) groups is 1. The van der Waals surface area contributed by atoms with Gasteiger partial charge < -0.3 is 0 Å². The summed E-state index contributed by atoms with van der Waals surface area (Å²) >= 11 is 3.15. The van der Waals surface area contributed by atoms with Crippen molar-refractivity contribution < 1.29 is 4.79 Å². The van der Waals surface area contributed by atoms with E-state index in [1.54, 1.807) is 11.8 Å². The number of hydrogen-bond donors (Lipinski definition) is 0. The highest BCUT2D eigenvalue weighted by Gasteiger charge is 2.21. The van der Waals surface area contributed by atoms with Crippen molar-refractivity contribution in [3.05, 3.63) is 5.82 Å². The van der Waals surface area contributed by atoms with Crippen molar-refractivity contribution in [2.75, 3.05) is 0 Å². The first-order valence-corrected chi connectivity index (χ1v) is 6.38. The van der Waals surface area contributed by atoms with Crippen LogP contribution in [0.25, 0.3) is 0 Å². The molecule has 76 valence electrons.